The van der Waals surface area contributed by atoms with Crippen LogP contribution in [0.4, 0.5) is 0 Å². The van der Waals surface area contributed by atoms with Gasteiger partial charge in [-0.05, 0) is 23.1 Å². The fourth-order valence-electron chi connectivity index (χ4n) is 3.89. The molecule has 0 fully saturated rings. The molecule has 2 aromatic carbocycles. The van der Waals surface area contributed by atoms with Gasteiger partial charge >= 0.3 is 0 Å². The molecule has 0 radical (unpaired) electrons. The van der Waals surface area contributed by atoms with Gasteiger partial charge in [-0.3, -0.25) is 4.79 Å². The summed E-state index contributed by atoms with van der Waals surface area (Å²) in [6.45, 7) is 0. The Hall–Kier alpha value is -3.03. The number of nitrogens with two attached hydrogens (primary N) is 1. The van der Waals surface area contributed by atoms with Crippen molar-refractivity contribution in [1.82, 2.24) is 0 Å². The van der Waals surface area contributed by atoms with E-state index >= 15 is 0 Å². The van der Waals surface area contributed by atoms with E-state index in [-0.39, 0.29) is 23.2 Å². The third kappa shape index (κ3) is 3.01. The highest BCUT2D eigenvalue weighted by Crippen LogP contribution is 2.47. The topological polar surface area (TPSA) is 76.1 Å². The summed E-state index contributed by atoms with van der Waals surface area (Å²) in [6, 6.07) is 19.2. The molecule has 0 spiro atoms. The lowest BCUT2D eigenvalue weighted by Gasteiger charge is -2.34. The third-order valence-electron chi connectivity index (χ3n) is 5.15. The molecule has 27 heavy (non-hydrogen) atoms. The zero-order chi connectivity index (χ0) is 19.0. The Balaban J connectivity index is 1.82. The minimum atomic E-state index is -0.586. The normalized spacial score (nSPS) is 22.1. The SMILES string of the molecule is N#CC1=C(N)OC2=C(C(=O)C[C@H](c3ccccc3)C2)[C@@H]1c1ccccc1Cl. The summed E-state index contributed by atoms with van der Waals surface area (Å²) in [5.74, 6) is -0.00284. The number of hydrogen-bond donors (Lipinski definition) is 1. The maximum absolute atomic E-state index is 13.1. The van der Waals surface area contributed by atoms with Gasteiger partial charge in [-0.1, -0.05) is 60.1 Å². The van der Waals surface area contributed by atoms with Crippen LogP contribution in [0, 0.1) is 11.3 Å². The van der Waals surface area contributed by atoms with Crippen molar-refractivity contribution < 1.29 is 9.53 Å². The molecule has 2 aliphatic rings. The van der Waals surface area contributed by atoms with Gasteiger partial charge in [-0.15, -0.1) is 0 Å². The van der Waals surface area contributed by atoms with Crippen LogP contribution < -0.4 is 5.73 Å². The van der Waals surface area contributed by atoms with Crippen molar-refractivity contribution >= 4 is 17.4 Å². The van der Waals surface area contributed by atoms with E-state index in [1.54, 1.807) is 6.07 Å². The highest BCUT2D eigenvalue weighted by Gasteiger charge is 2.41. The summed E-state index contributed by atoms with van der Waals surface area (Å²) in [4.78, 5) is 13.1. The molecule has 0 unspecified atom stereocenters. The fraction of sp³-hybridized carbons (Fsp3) is 0.182. The van der Waals surface area contributed by atoms with E-state index in [0.717, 1.165) is 5.56 Å². The molecule has 1 aliphatic carbocycles. The first-order valence-corrected chi connectivity index (χ1v) is 9.11. The number of nitrogens with zero attached hydrogens (tertiary/aromatic N) is 1. The van der Waals surface area contributed by atoms with Gasteiger partial charge in [0.2, 0.25) is 5.88 Å². The van der Waals surface area contributed by atoms with Gasteiger partial charge in [-0.2, -0.15) is 5.26 Å². The quantitative estimate of drug-likeness (QED) is 0.834. The minimum Gasteiger partial charge on any atom is -0.444 e. The second kappa shape index (κ2) is 6.94. The molecule has 2 atom stereocenters. The van der Waals surface area contributed by atoms with Crippen molar-refractivity contribution in [3.63, 3.8) is 0 Å². The Morgan fingerprint density at radius 3 is 2.48 bits per heavy atom. The Bertz CT molecular complexity index is 1020. The smallest absolute Gasteiger partial charge is 0.205 e. The minimum absolute atomic E-state index is 0.0285. The first-order chi connectivity index (χ1) is 13.1. The number of halogens is 1. The standard InChI is InChI=1S/C22H17ClN2O2/c23-17-9-5-4-8-15(17)20-16(12-24)22(25)27-19-11-14(10-18(26)21(19)20)13-6-2-1-3-7-13/h1-9,14,20H,10-11,25H2/t14-,20+/m0/s1. The number of rotatable bonds is 2. The zero-order valence-corrected chi connectivity index (χ0v) is 15.2. The molecule has 4 rings (SSSR count). The lowest BCUT2D eigenvalue weighted by Crippen LogP contribution is -2.30. The Morgan fingerprint density at radius 2 is 1.78 bits per heavy atom. The van der Waals surface area contributed by atoms with Gasteiger partial charge in [0, 0.05) is 23.4 Å². The first kappa shape index (κ1) is 17.4. The van der Waals surface area contributed by atoms with Crippen molar-refractivity contribution in [2.45, 2.75) is 24.7 Å². The fourth-order valence-corrected chi connectivity index (χ4v) is 4.13. The average Bonchev–Trinajstić information content (AvgIpc) is 2.68. The van der Waals surface area contributed by atoms with E-state index in [2.05, 4.69) is 6.07 Å². The molecular weight excluding hydrogens is 360 g/mol. The van der Waals surface area contributed by atoms with Crippen molar-refractivity contribution in [1.29, 1.82) is 5.26 Å². The van der Waals surface area contributed by atoms with Crippen LogP contribution in [-0.4, -0.2) is 5.78 Å². The van der Waals surface area contributed by atoms with Crippen molar-refractivity contribution in [2.24, 2.45) is 5.73 Å². The van der Waals surface area contributed by atoms with Crippen LogP contribution in [0.3, 0.4) is 0 Å². The van der Waals surface area contributed by atoms with Crippen LogP contribution >= 0.6 is 11.6 Å². The molecule has 2 N–H and O–H groups in total. The van der Waals surface area contributed by atoms with E-state index in [0.29, 0.717) is 34.8 Å². The van der Waals surface area contributed by atoms with E-state index in [9.17, 15) is 10.1 Å². The molecule has 4 nitrogen and oxygen atoms in total. The van der Waals surface area contributed by atoms with Crippen molar-refractivity contribution in [3.05, 3.63) is 93.5 Å². The predicted octanol–water partition coefficient (Wildman–Crippen LogP) is 4.55. The summed E-state index contributed by atoms with van der Waals surface area (Å²) in [6.07, 6.45) is 0.928. The summed E-state index contributed by atoms with van der Waals surface area (Å²) < 4.78 is 5.76. The van der Waals surface area contributed by atoms with Crippen molar-refractivity contribution in [3.8, 4) is 6.07 Å². The van der Waals surface area contributed by atoms with Crippen LogP contribution in [0.25, 0.3) is 0 Å². The predicted molar refractivity (Wildman–Crippen MR) is 103 cm³/mol. The van der Waals surface area contributed by atoms with Gasteiger partial charge < -0.3 is 10.5 Å². The Morgan fingerprint density at radius 1 is 1.07 bits per heavy atom. The summed E-state index contributed by atoms with van der Waals surface area (Å²) in [5, 5.41) is 10.1. The molecule has 5 heteroatoms. The number of hydrogen-bond acceptors (Lipinski definition) is 4. The van der Waals surface area contributed by atoms with Gasteiger partial charge in [-0.25, -0.2) is 0 Å². The number of benzene rings is 2. The number of nitriles is 1. The molecule has 1 heterocycles. The number of Topliss-reactive ketones (excluding diaryl/α,β-unsaturated/α-hetero) is 1. The summed E-state index contributed by atoms with van der Waals surface area (Å²) >= 11 is 6.38. The van der Waals surface area contributed by atoms with E-state index in [4.69, 9.17) is 22.1 Å². The molecule has 0 amide bonds. The Kier molecular flexibility index (Phi) is 4.47. The molecule has 0 aromatic heterocycles. The molecule has 0 saturated carbocycles. The van der Waals surface area contributed by atoms with Gasteiger partial charge in [0.25, 0.3) is 0 Å². The largest absolute Gasteiger partial charge is 0.444 e. The highest BCUT2D eigenvalue weighted by molar-refractivity contribution is 6.31. The van der Waals surface area contributed by atoms with E-state index in [1.165, 1.54) is 0 Å². The van der Waals surface area contributed by atoms with Crippen molar-refractivity contribution in [2.75, 3.05) is 0 Å². The molecular formula is C22H17ClN2O2. The monoisotopic (exact) mass is 376 g/mol. The third-order valence-corrected chi connectivity index (χ3v) is 5.49. The maximum atomic E-state index is 13.1. The van der Waals surface area contributed by atoms with Gasteiger partial charge in [0.15, 0.2) is 5.78 Å². The average molecular weight is 377 g/mol. The van der Waals surface area contributed by atoms with Gasteiger partial charge in [0.1, 0.15) is 17.4 Å². The second-order valence-corrected chi connectivity index (χ2v) is 7.13. The number of ether oxygens (including phenoxy) is 1. The summed E-state index contributed by atoms with van der Waals surface area (Å²) in [5.41, 5.74) is 8.56. The highest BCUT2D eigenvalue weighted by atomic mass is 35.5. The molecule has 0 bridgehead atoms. The number of carbonyl (C=O) groups is 1. The molecule has 1 aliphatic heterocycles. The van der Waals surface area contributed by atoms with Crippen LogP contribution in [0.5, 0.6) is 0 Å². The number of carbonyl (C=O) groups excluding carboxylic acids is 1. The molecule has 134 valence electrons. The number of ketones is 1. The van der Waals surface area contributed by atoms with Crippen LogP contribution in [0.1, 0.15) is 35.8 Å². The van der Waals surface area contributed by atoms with Crippen LogP contribution in [-0.2, 0) is 9.53 Å². The molecule has 0 saturated heterocycles. The van der Waals surface area contributed by atoms with Crippen LogP contribution in [0.2, 0.25) is 5.02 Å². The first-order valence-electron chi connectivity index (χ1n) is 8.73. The lowest BCUT2D eigenvalue weighted by atomic mass is 9.73. The number of allylic oxidation sites excluding steroid dienone is 3. The lowest BCUT2D eigenvalue weighted by molar-refractivity contribution is -0.117. The van der Waals surface area contributed by atoms with E-state index < -0.39 is 5.92 Å². The summed E-state index contributed by atoms with van der Waals surface area (Å²) in [7, 11) is 0. The Labute approximate surface area is 162 Å². The van der Waals surface area contributed by atoms with Crippen LogP contribution in [0.15, 0.2) is 77.4 Å². The molecule has 2 aromatic rings. The van der Waals surface area contributed by atoms with Gasteiger partial charge in [0.05, 0.1) is 5.92 Å². The zero-order valence-electron chi connectivity index (χ0n) is 14.5. The second-order valence-electron chi connectivity index (χ2n) is 6.72. The maximum Gasteiger partial charge on any atom is 0.205 e. The van der Waals surface area contributed by atoms with E-state index in [1.807, 2.05) is 48.5 Å².